The molecule has 0 unspecified atom stereocenters. The molecule has 0 spiro atoms. The lowest BCUT2D eigenvalue weighted by Gasteiger charge is -2.13. The van der Waals surface area contributed by atoms with Gasteiger partial charge in [-0.1, -0.05) is 13.3 Å². The first-order valence-corrected chi connectivity index (χ1v) is 5.44. The van der Waals surface area contributed by atoms with Crippen LogP contribution < -0.4 is 5.32 Å². The van der Waals surface area contributed by atoms with Gasteiger partial charge < -0.3 is 5.32 Å². The smallest absolute Gasteiger partial charge is 0.123 e. The molecule has 0 bridgehead atoms. The van der Waals surface area contributed by atoms with Gasteiger partial charge in [-0.05, 0) is 26.3 Å². The van der Waals surface area contributed by atoms with E-state index in [2.05, 4.69) is 19.2 Å². The molecule has 0 aromatic heterocycles. The van der Waals surface area contributed by atoms with Crippen molar-refractivity contribution in [2.45, 2.75) is 43.5 Å². The molecule has 1 rings (SSSR count). The largest absolute Gasteiger partial charge is 0.314 e. The normalized spacial score (nSPS) is 28.5. The highest BCUT2D eigenvalue weighted by molar-refractivity contribution is 6.50. The van der Waals surface area contributed by atoms with Crippen LogP contribution in [-0.4, -0.2) is 16.9 Å². The van der Waals surface area contributed by atoms with Gasteiger partial charge in [-0.25, -0.2) is 0 Å². The first-order chi connectivity index (χ1) is 5.58. The fourth-order valence-electron chi connectivity index (χ4n) is 1.43. The summed E-state index contributed by atoms with van der Waals surface area (Å²) >= 11 is 11.9. The van der Waals surface area contributed by atoms with Crippen LogP contribution in [0.5, 0.6) is 0 Å². The van der Waals surface area contributed by atoms with Gasteiger partial charge in [0.05, 0.1) is 0 Å². The molecule has 0 aromatic carbocycles. The van der Waals surface area contributed by atoms with Crippen LogP contribution in [0.1, 0.15) is 33.1 Å². The highest BCUT2D eigenvalue weighted by atomic mass is 35.5. The lowest BCUT2D eigenvalue weighted by atomic mass is 10.2. The molecule has 12 heavy (non-hydrogen) atoms. The standard InChI is InChI=1S/C9H17Cl2N/c1-3-4-5-12-7(2)8-6-9(8,10)11/h7-8,12H,3-6H2,1-2H3/t7-,8+/m0/s1. The van der Waals surface area contributed by atoms with Gasteiger partial charge >= 0.3 is 0 Å². The van der Waals surface area contributed by atoms with E-state index in [9.17, 15) is 0 Å². The number of hydrogen-bond donors (Lipinski definition) is 1. The maximum Gasteiger partial charge on any atom is 0.123 e. The van der Waals surface area contributed by atoms with Gasteiger partial charge in [-0.15, -0.1) is 23.2 Å². The molecule has 1 fully saturated rings. The summed E-state index contributed by atoms with van der Waals surface area (Å²) in [6, 6.07) is 0.464. The Morgan fingerprint density at radius 1 is 1.58 bits per heavy atom. The van der Waals surface area contributed by atoms with Crippen LogP contribution >= 0.6 is 23.2 Å². The van der Waals surface area contributed by atoms with E-state index in [1.165, 1.54) is 12.8 Å². The molecule has 1 nitrogen and oxygen atoms in total. The summed E-state index contributed by atoms with van der Waals surface area (Å²) < 4.78 is -0.432. The molecule has 72 valence electrons. The highest BCUT2D eigenvalue weighted by Crippen LogP contribution is 2.54. The molecule has 1 aliphatic carbocycles. The lowest BCUT2D eigenvalue weighted by molar-refractivity contribution is 0.485. The molecular formula is C9H17Cl2N. The van der Waals surface area contributed by atoms with E-state index in [1.807, 2.05) is 0 Å². The third kappa shape index (κ3) is 2.79. The zero-order chi connectivity index (χ0) is 9.19. The van der Waals surface area contributed by atoms with Gasteiger partial charge in [-0.3, -0.25) is 0 Å². The van der Waals surface area contributed by atoms with Crippen LogP contribution in [-0.2, 0) is 0 Å². The van der Waals surface area contributed by atoms with Gasteiger partial charge in [0, 0.05) is 12.0 Å². The van der Waals surface area contributed by atoms with Crippen molar-refractivity contribution in [1.29, 1.82) is 0 Å². The molecule has 0 amide bonds. The summed E-state index contributed by atoms with van der Waals surface area (Å²) in [6.07, 6.45) is 3.41. The molecule has 1 aliphatic rings. The van der Waals surface area contributed by atoms with E-state index >= 15 is 0 Å². The number of hydrogen-bond acceptors (Lipinski definition) is 1. The number of alkyl halides is 2. The average molecular weight is 210 g/mol. The third-order valence-corrected chi connectivity index (χ3v) is 3.34. The number of halogens is 2. The molecule has 3 heteroatoms. The Morgan fingerprint density at radius 2 is 2.17 bits per heavy atom. The van der Waals surface area contributed by atoms with Crippen LogP contribution in [0, 0.1) is 5.92 Å². The van der Waals surface area contributed by atoms with Gasteiger partial charge in [0.1, 0.15) is 4.33 Å². The molecule has 2 atom stereocenters. The van der Waals surface area contributed by atoms with Crippen LogP contribution in [0.2, 0.25) is 0 Å². The fraction of sp³-hybridized carbons (Fsp3) is 1.00. The summed E-state index contributed by atoms with van der Waals surface area (Å²) in [7, 11) is 0. The SMILES string of the molecule is CCCCN[C@@H](C)[C@H]1CC1(Cl)Cl. The predicted octanol–water partition coefficient (Wildman–Crippen LogP) is 2.96. The third-order valence-electron chi connectivity index (χ3n) is 2.47. The summed E-state index contributed by atoms with van der Waals surface area (Å²) in [5, 5.41) is 3.43. The lowest BCUT2D eigenvalue weighted by Crippen LogP contribution is -2.30. The van der Waals surface area contributed by atoms with Crippen LogP contribution in [0.25, 0.3) is 0 Å². The monoisotopic (exact) mass is 209 g/mol. The minimum absolute atomic E-state index is 0.432. The van der Waals surface area contributed by atoms with E-state index in [1.54, 1.807) is 0 Å². The van der Waals surface area contributed by atoms with Gasteiger partial charge in [0.15, 0.2) is 0 Å². The van der Waals surface area contributed by atoms with Gasteiger partial charge in [0.25, 0.3) is 0 Å². The van der Waals surface area contributed by atoms with Crippen molar-refractivity contribution in [3.8, 4) is 0 Å². The van der Waals surface area contributed by atoms with Crippen LogP contribution in [0.4, 0.5) is 0 Å². The Balaban J connectivity index is 2.09. The Morgan fingerprint density at radius 3 is 2.58 bits per heavy atom. The second-order valence-electron chi connectivity index (χ2n) is 3.67. The molecule has 1 N–H and O–H groups in total. The summed E-state index contributed by atoms with van der Waals surface area (Å²) in [5.74, 6) is 0.456. The fourth-order valence-corrected chi connectivity index (χ4v) is 2.14. The molecule has 0 saturated heterocycles. The van der Waals surface area contributed by atoms with Crippen molar-refractivity contribution in [1.82, 2.24) is 5.32 Å². The first kappa shape index (κ1) is 10.6. The van der Waals surface area contributed by atoms with Crippen molar-refractivity contribution in [2.75, 3.05) is 6.54 Å². The number of rotatable bonds is 5. The quantitative estimate of drug-likeness (QED) is 0.543. The molecule has 0 radical (unpaired) electrons. The topological polar surface area (TPSA) is 12.0 Å². The molecular weight excluding hydrogens is 193 g/mol. The van der Waals surface area contributed by atoms with Gasteiger partial charge in [-0.2, -0.15) is 0 Å². The zero-order valence-corrected chi connectivity index (χ0v) is 9.25. The Labute approximate surface area is 84.8 Å². The maximum atomic E-state index is 5.94. The van der Waals surface area contributed by atoms with Crippen LogP contribution in [0.3, 0.4) is 0 Å². The van der Waals surface area contributed by atoms with Crippen molar-refractivity contribution < 1.29 is 0 Å². The summed E-state index contributed by atoms with van der Waals surface area (Å²) in [5.41, 5.74) is 0. The zero-order valence-electron chi connectivity index (χ0n) is 7.74. The van der Waals surface area contributed by atoms with Gasteiger partial charge in [0.2, 0.25) is 0 Å². The molecule has 0 aliphatic heterocycles. The van der Waals surface area contributed by atoms with Crippen LogP contribution in [0.15, 0.2) is 0 Å². The van der Waals surface area contributed by atoms with E-state index in [4.69, 9.17) is 23.2 Å². The van der Waals surface area contributed by atoms with Crippen molar-refractivity contribution >= 4 is 23.2 Å². The molecule has 0 heterocycles. The van der Waals surface area contributed by atoms with E-state index in [-0.39, 0.29) is 0 Å². The minimum Gasteiger partial charge on any atom is -0.314 e. The summed E-state index contributed by atoms with van der Waals surface area (Å²) in [4.78, 5) is 0. The Kier molecular flexibility index (Phi) is 3.69. The Hall–Kier alpha value is 0.540. The number of nitrogens with one attached hydrogen (secondary N) is 1. The second kappa shape index (κ2) is 4.17. The van der Waals surface area contributed by atoms with E-state index in [0.29, 0.717) is 12.0 Å². The summed E-state index contributed by atoms with van der Waals surface area (Å²) in [6.45, 7) is 5.43. The predicted molar refractivity (Wildman–Crippen MR) is 54.9 cm³/mol. The molecule has 0 aromatic rings. The molecule has 1 saturated carbocycles. The maximum absolute atomic E-state index is 5.94. The average Bonchev–Trinajstić information content (AvgIpc) is 2.60. The van der Waals surface area contributed by atoms with Crippen molar-refractivity contribution in [3.05, 3.63) is 0 Å². The van der Waals surface area contributed by atoms with E-state index < -0.39 is 4.33 Å². The van der Waals surface area contributed by atoms with E-state index in [0.717, 1.165) is 13.0 Å². The Bertz CT molecular complexity index is 147. The second-order valence-corrected chi connectivity index (χ2v) is 5.21. The number of unbranched alkanes of at least 4 members (excludes halogenated alkanes) is 1. The first-order valence-electron chi connectivity index (χ1n) is 4.69. The highest BCUT2D eigenvalue weighted by Gasteiger charge is 2.54. The van der Waals surface area contributed by atoms with Crippen molar-refractivity contribution in [3.63, 3.8) is 0 Å². The minimum atomic E-state index is -0.432. The van der Waals surface area contributed by atoms with Crippen molar-refractivity contribution in [2.24, 2.45) is 5.92 Å².